The van der Waals surface area contributed by atoms with Gasteiger partial charge in [0.25, 0.3) is 0 Å². The molecule has 0 unspecified atom stereocenters. The first-order valence-electron chi connectivity index (χ1n) is 6.85. The number of rotatable bonds is 0. The van der Waals surface area contributed by atoms with Gasteiger partial charge in [-0.3, -0.25) is 0 Å². The van der Waals surface area contributed by atoms with Crippen LogP contribution in [0.2, 0.25) is 0 Å². The molecule has 0 radical (unpaired) electrons. The summed E-state index contributed by atoms with van der Waals surface area (Å²) in [5, 5.41) is 23.2. The predicted molar refractivity (Wildman–Crippen MR) is 92.0 cm³/mol. The Morgan fingerprint density at radius 1 is 0.714 bits per heavy atom. The van der Waals surface area contributed by atoms with Gasteiger partial charge in [0, 0.05) is 9.13 Å². The number of aliphatic hydroxyl groups is 2. The van der Waals surface area contributed by atoms with Crippen molar-refractivity contribution in [3.63, 3.8) is 0 Å². The maximum atomic E-state index is 10.5. The minimum Gasteiger partial charge on any atom is -0.385 e. The largest absolute Gasteiger partial charge is 0.385 e. The second-order valence-corrected chi connectivity index (χ2v) is 6.51. The number of benzene rings is 3. The predicted octanol–water partition coefficient (Wildman–Crippen LogP) is 4.19. The topological polar surface area (TPSA) is 40.5 Å². The van der Waals surface area contributed by atoms with Crippen molar-refractivity contribution < 1.29 is 10.2 Å². The van der Waals surface area contributed by atoms with E-state index in [1.54, 1.807) is 0 Å². The van der Waals surface area contributed by atoms with Crippen molar-refractivity contribution >= 4 is 33.4 Å². The van der Waals surface area contributed by atoms with Crippen LogP contribution in [0.3, 0.4) is 0 Å². The van der Waals surface area contributed by atoms with Crippen LogP contribution in [0.15, 0.2) is 54.6 Å². The number of hydrogen-bond acceptors (Lipinski definition) is 2. The Morgan fingerprint density at radius 2 is 1.43 bits per heavy atom. The van der Waals surface area contributed by atoms with Crippen LogP contribution in [-0.4, -0.2) is 10.2 Å². The molecule has 0 amide bonds. The first-order valence-corrected chi connectivity index (χ1v) is 7.93. The van der Waals surface area contributed by atoms with Crippen LogP contribution >= 0.6 is 22.6 Å². The van der Waals surface area contributed by atoms with Gasteiger partial charge in [0.15, 0.2) is 0 Å². The van der Waals surface area contributed by atoms with Crippen molar-refractivity contribution in [2.75, 3.05) is 0 Å². The molecule has 4 rings (SSSR count). The van der Waals surface area contributed by atoms with Crippen molar-refractivity contribution in [1.29, 1.82) is 0 Å². The van der Waals surface area contributed by atoms with Gasteiger partial charge in [-0.15, -0.1) is 0 Å². The molecule has 2 atom stereocenters. The lowest BCUT2D eigenvalue weighted by Crippen LogP contribution is -2.18. The van der Waals surface area contributed by atoms with Crippen molar-refractivity contribution in [3.05, 3.63) is 69.3 Å². The standard InChI is InChI=1S/C18H13IO2/c19-14-7-3-6-12-16(14)15-11-5-2-1-4-10(11)8-9-13(15)18(21)17(12)20/h1-9,17-18,20-21H/t17-,18-/m1/s1. The zero-order chi connectivity index (χ0) is 14.6. The number of aliphatic hydroxyl groups excluding tert-OH is 2. The summed E-state index contributed by atoms with van der Waals surface area (Å²) in [5.74, 6) is 0. The second kappa shape index (κ2) is 4.80. The van der Waals surface area contributed by atoms with E-state index < -0.39 is 12.2 Å². The normalized spacial score (nSPS) is 20.1. The fraction of sp³-hybridized carbons (Fsp3) is 0.111. The zero-order valence-electron chi connectivity index (χ0n) is 11.1. The lowest BCUT2D eigenvalue weighted by Gasteiger charge is -2.30. The van der Waals surface area contributed by atoms with E-state index in [9.17, 15) is 10.2 Å². The highest BCUT2D eigenvalue weighted by molar-refractivity contribution is 14.1. The third-order valence-corrected chi connectivity index (χ3v) is 5.09. The smallest absolute Gasteiger partial charge is 0.110 e. The van der Waals surface area contributed by atoms with Gasteiger partial charge in [-0.2, -0.15) is 0 Å². The number of hydrogen-bond donors (Lipinski definition) is 2. The Balaban J connectivity index is 2.20. The Labute approximate surface area is 136 Å². The van der Waals surface area contributed by atoms with Crippen LogP contribution in [0.25, 0.3) is 21.9 Å². The molecule has 0 saturated heterocycles. The van der Waals surface area contributed by atoms with E-state index in [-0.39, 0.29) is 0 Å². The van der Waals surface area contributed by atoms with Crippen LogP contribution in [0.5, 0.6) is 0 Å². The maximum Gasteiger partial charge on any atom is 0.110 e. The summed E-state index contributed by atoms with van der Waals surface area (Å²) in [6, 6.07) is 18.0. The Kier molecular flexibility index (Phi) is 3.03. The zero-order valence-corrected chi connectivity index (χ0v) is 13.3. The van der Waals surface area contributed by atoms with Crippen molar-refractivity contribution in [2.24, 2.45) is 0 Å². The molecule has 0 bridgehead atoms. The highest BCUT2D eigenvalue weighted by Gasteiger charge is 2.33. The molecule has 0 fully saturated rings. The molecule has 0 aromatic heterocycles. The van der Waals surface area contributed by atoms with Gasteiger partial charge >= 0.3 is 0 Å². The number of fused-ring (bicyclic) bond motifs is 5. The molecule has 1 aliphatic carbocycles. The summed E-state index contributed by atoms with van der Waals surface area (Å²) in [4.78, 5) is 0. The summed E-state index contributed by atoms with van der Waals surface area (Å²) < 4.78 is 1.09. The third-order valence-electron chi connectivity index (χ3n) is 4.19. The molecule has 3 aromatic carbocycles. The highest BCUT2D eigenvalue weighted by atomic mass is 127. The number of halogens is 1. The molecule has 3 aromatic rings. The van der Waals surface area contributed by atoms with Crippen molar-refractivity contribution in [2.45, 2.75) is 12.2 Å². The Morgan fingerprint density at radius 3 is 2.24 bits per heavy atom. The molecule has 0 saturated carbocycles. The van der Waals surface area contributed by atoms with Crippen LogP contribution in [0.1, 0.15) is 23.3 Å². The fourth-order valence-electron chi connectivity index (χ4n) is 3.21. The molecule has 2 nitrogen and oxygen atoms in total. The van der Waals surface area contributed by atoms with Crippen molar-refractivity contribution in [3.8, 4) is 11.1 Å². The van der Waals surface area contributed by atoms with Gasteiger partial charge in [-0.1, -0.05) is 48.5 Å². The van der Waals surface area contributed by atoms with Gasteiger partial charge in [0.1, 0.15) is 12.2 Å². The van der Waals surface area contributed by atoms with Crippen LogP contribution in [0, 0.1) is 3.57 Å². The van der Waals surface area contributed by atoms with Gasteiger partial charge < -0.3 is 10.2 Å². The molecule has 0 aliphatic heterocycles. The average molecular weight is 388 g/mol. The molecule has 21 heavy (non-hydrogen) atoms. The molecule has 0 spiro atoms. The van der Waals surface area contributed by atoms with Crippen LogP contribution in [-0.2, 0) is 0 Å². The quantitative estimate of drug-likeness (QED) is 0.567. The third kappa shape index (κ3) is 1.84. The van der Waals surface area contributed by atoms with Crippen LogP contribution in [0.4, 0.5) is 0 Å². The minimum absolute atomic E-state index is 0.804. The molecule has 3 heteroatoms. The summed E-state index contributed by atoms with van der Waals surface area (Å²) in [6.45, 7) is 0. The fourth-order valence-corrected chi connectivity index (χ4v) is 3.99. The molecular formula is C18H13IO2. The summed E-state index contributed by atoms with van der Waals surface area (Å²) in [5.41, 5.74) is 3.70. The van der Waals surface area contributed by atoms with E-state index in [1.165, 1.54) is 0 Å². The van der Waals surface area contributed by atoms with Gasteiger partial charge in [0.05, 0.1) is 0 Å². The first-order chi connectivity index (χ1) is 10.2. The van der Waals surface area contributed by atoms with Crippen LogP contribution < -0.4 is 0 Å². The summed E-state index contributed by atoms with van der Waals surface area (Å²) >= 11 is 2.30. The Bertz CT molecular complexity index is 857. The minimum atomic E-state index is -0.879. The molecular weight excluding hydrogens is 375 g/mol. The first kappa shape index (κ1) is 13.2. The lowest BCUT2D eigenvalue weighted by molar-refractivity contribution is 0.0158. The molecule has 1 aliphatic rings. The average Bonchev–Trinajstić information content (AvgIpc) is 2.52. The molecule has 104 valence electrons. The SMILES string of the molecule is O[C@@H]1c2cccc(I)c2-c2c(ccc3ccccc23)[C@H]1O. The molecule has 2 N–H and O–H groups in total. The lowest BCUT2D eigenvalue weighted by atomic mass is 9.80. The van der Waals surface area contributed by atoms with E-state index in [1.807, 2.05) is 42.5 Å². The van der Waals surface area contributed by atoms with E-state index in [0.29, 0.717) is 0 Å². The van der Waals surface area contributed by atoms with E-state index in [2.05, 4.69) is 34.7 Å². The van der Waals surface area contributed by atoms with Crippen molar-refractivity contribution in [1.82, 2.24) is 0 Å². The summed E-state index contributed by atoms with van der Waals surface area (Å²) in [6.07, 6.45) is -1.75. The highest BCUT2D eigenvalue weighted by Crippen LogP contribution is 2.48. The summed E-state index contributed by atoms with van der Waals surface area (Å²) in [7, 11) is 0. The van der Waals surface area contributed by atoms with E-state index in [0.717, 1.165) is 36.6 Å². The van der Waals surface area contributed by atoms with E-state index >= 15 is 0 Å². The van der Waals surface area contributed by atoms with E-state index in [4.69, 9.17) is 0 Å². The maximum absolute atomic E-state index is 10.5. The van der Waals surface area contributed by atoms with Gasteiger partial charge in [-0.05, 0) is 56.1 Å². The monoisotopic (exact) mass is 388 g/mol. The second-order valence-electron chi connectivity index (χ2n) is 5.34. The van der Waals surface area contributed by atoms with Gasteiger partial charge in [0.2, 0.25) is 0 Å². The Hall–Kier alpha value is -1.43. The molecule has 0 heterocycles. The van der Waals surface area contributed by atoms with Gasteiger partial charge in [-0.25, -0.2) is 0 Å².